The number of rotatable bonds is 7. The summed E-state index contributed by atoms with van der Waals surface area (Å²) in [6.45, 7) is 6.43. The van der Waals surface area contributed by atoms with Crippen molar-refractivity contribution >= 4 is 15.9 Å². The summed E-state index contributed by atoms with van der Waals surface area (Å²) in [6.07, 6.45) is 0.409. The summed E-state index contributed by atoms with van der Waals surface area (Å²) >= 11 is 0. The maximum Gasteiger partial charge on any atom is 0.244 e. The third-order valence-electron chi connectivity index (χ3n) is 3.39. The second kappa shape index (κ2) is 7.21. The Balaban J connectivity index is 2.86. The third-order valence-corrected chi connectivity index (χ3v) is 5.18. The number of hydrogen-bond acceptors (Lipinski definition) is 5. The second-order valence-electron chi connectivity index (χ2n) is 5.39. The minimum absolute atomic E-state index is 0.0460. The fourth-order valence-electron chi connectivity index (χ4n) is 2.12. The number of aliphatic hydroxyl groups is 1. The zero-order chi connectivity index (χ0) is 17.1. The van der Waals surface area contributed by atoms with E-state index < -0.39 is 22.0 Å². The molecule has 0 aliphatic rings. The van der Waals surface area contributed by atoms with Crippen molar-refractivity contribution in [2.45, 2.75) is 51.1 Å². The number of aliphatic hydroxyl groups excluding tert-OH is 1. The summed E-state index contributed by atoms with van der Waals surface area (Å²) in [5.41, 5.74) is 0.889. The first-order valence-corrected chi connectivity index (χ1v) is 8.52. The molecule has 3 N–H and O–H groups in total. The quantitative estimate of drug-likeness (QED) is 0.628. The van der Waals surface area contributed by atoms with Crippen LogP contribution in [-0.4, -0.2) is 47.9 Å². The molecular formula is C13H24N4O4S. The zero-order valence-corrected chi connectivity index (χ0v) is 14.4. The normalized spacial score (nSPS) is 14.6. The smallest absolute Gasteiger partial charge is 0.244 e. The lowest BCUT2D eigenvalue weighted by atomic mass is 10.2. The van der Waals surface area contributed by atoms with Gasteiger partial charge in [0.05, 0.1) is 17.4 Å². The average molecular weight is 332 g/mol. The fraction of sp³-hybridized carbons (Fsp3) is 0.692. The van der Waals surface area contributed by atoms with Gasteiger partial charge in [-0.15, -0.1) is 0 Å². The van der Waals surface area contributed by atoms with Gasteiger partial charge in [0.2, 0.25) is 15.9 Å². The minimum Gasteiger partial charge on any atom is -0.396 e. The first-order chi connectivity index (χ1) is 10.1. The maximum absolute atomic E-state index is 12.4. The van der Waals surface area contributed by atoms with E-state index >= 15 is 0 Å². The summed E-state index contributed by atoms with van der Waals surface area (Å²) in [5.74, 6) is -0.441. The lowest BCUT2D eigenvalue weighted by molar-refractivity contribution is -0.123. The van der Waals surface area contributed by atoms with Gasteiger partial charge in [-0.3, -0.25) is 9.48 Å². The molecule has 2 atom stereocenters. The lowest BCUT2D eigenvalue weighted by Crippen LogP contribution is -2.47. The molecule has 2 unspecified atom stereocenters. The number of carbonyl (C=O) groups is 1. The van der Waals surface area contributed by atoms with Gasteiger partial charge in [-0.05, 0) is 34.1 Å². The van der Waals surface area contributed by atoms with Crippen LogP contribution in [0.2, 0.25) is 0 Å². The van der Waals surface area contributed by atoms with E-state index in [1.807, 2.05) is 0 Å². The standard InChI is InChI=1S/C13H24N4O4S/c1-8(6-7-18)14-13(19)10(3)16-22(20,21)12-9(2)15-17(5)11(12)4/h8,10,16,18H,6-7H2,1-5H3,(H,14,19). The molecule has 0 spiro atoms. The van der Waals surface area contributed by atoms with Gasteiger partial charge in [-0.25, -0.2) is 8.42 Å². The number of amides is 1. The lowest BCUT2D eigenvalue weighted by Gasteiger charge is -2.18. The predicted octanol–water partition coefficient (Wildman–Crippen LogP) is -0.409. The highest BCUT2D eigenvalue weighted by Gasteiger charge is 2.28. The van der Waals surface area contributed by atoms with Crippen molar-refractivity contribution in [2.24, 2.45) is 7.05 Å². The Morgan fingerprint density at radius 1 is 1.36 bits per heavy atom. The first kappa shape index (κ1) is 18.6. The van der Waals surface area contributed by atoms with Crippen LogP contribution in [0.3, 0.4) is 0 Å². The Bertz CT molecular complexity index is 639. The van der Waals surface area contributed by atoms with E-state index in [0.717, 1.165) is 0 Å². The molecule has 0 radical (unpaired) electrons. The maximum atomic E-state index is 12.4. The summed E-state index contributed by atoms with van der Waals surface area (Å²) < 4.78 is 28.7. The Kier molecular flexibility index (Phi) is 6.09. The van der Waals surface area contributed by atoms with E-state index in [1.165, 1.54) is 11.6 Å². The highest BCUT2D eigenvalue weighted by Crippen LogP contribution is 2.18. The molecule has 9 heteroatoms. The Morgan fingerprint density at radius 3 is 2.41 bits per heavy atom. The fourth-order valence-corrected chi connectivity index (χ4v) is 3.76. The van der Waals surface area contributed by atoms with Gasteiger partial charge in [0.25, 0.3) is 0 Å². The summed E-state index contributed by atoms with van der Waals surface area (Å²) in [5, 5.41) is 15.5. The van der Waals surface area contributed by atoms with Crippen LogP contribution in [0.4, 0.5) is 0 Å². The van der Waals surface area contributed by atoms with Crippen molar-refractivity contribution in [3.8, 4) is 0 Å². The average Bonchev–Trinajstić information content (AvgIpc) is 2.63. The van der Waals surface area contributed by atoms with Crippen LogP contribution in [0.25, 0.3) is 0 Å². The van der Waals surface area contributed by atoms with Crippen molar-refractivity contribution in [3.05, 3.63) is 11.4 Å². The summed E-state index contributed by atoms with van der Waals surface area (Å²) in [7, 11) is -2.18. The molecule has 0 saturated heterocycles. The SMILES string of the molecule is Cc1nn(C)c(C)c1S(=O)(=O)NC(C)C(=O)NC(C)CCO. The highest BCUT2D eigenvalue weighted by atomic mass is 32.2. The van der Waals surface area contributed by atoms with Crippen molar-refractivity contribution in [1.82, 2.24) is 19.8 Å². The van der Waals surface area contributed by atoms with Crippen LogP contribution in [0.15, 0.2) is 4.90 Å². The van der Waals surface area contributed by atoms with Gasteiger partial charge in [0.1, 0.15) is 4.90 Å². The monoisotopic (exact) mass is 332 g/mol. The van der Waals surface area contributed by atoms with Gasteiger partial charge < -0.3 is 10.4 Å². The first-order valence-electron chi connectivity index (χ1n) is 7.04. The van der Waals surface area contributed by atoms with Gasteiger partial charge >= 0.3 is 0 Å². The number of carbonyl (C=O) groups excluding carboxylic acids is 1. The predicted molar refractivity (Wildman–Crippen MR) is 81.8 cm³/mol. The van der Waals surface area contributed by atoms with Crippen molar-refractivity contribution in [2.75, 3.05) is 6.61 Å². The number of nitrogens with one attached hydrogen (secondary N) is 2. The van der Waals surface area contributed by atoms with Gasteiger partial charge in [-0.1, -0.05) is 0 Å². The molecular weight excluding hydrogens is 308 g/mol. The Morgan fingerprint density at radius 2 is 1.95 bits per heavy atom. The molecule has 0 aliphatic heterocycles. The van der Waals surface area contributed by atoms with Gasteiger partial charge in [0, 0.05) is 19.7 Å². The molecule has 0 saturated carbocycles. The Labute approximate surface area is 131 Å². The van der Waals surface area contributed by atoms with Crippen LogP contribution in [0.1, 0.15) is 31.7 Å². The molecule has 1 amide bonds. The largest absolute Gasteiger partial charge is 0.396 e. The summed E-state index contributed by atoms with van der Waals surface area (Å²) in [4.78, 5) is 12.1. The molecule has 0 aromatic carbocycles. The molecule has 22 heavy (non-hydrogen) atoms. The van der Waals surface area contributed by atoms with E-state index in [4.69, 9.17) is 5.11 Å². The minimum atomic E-state index is -3.84. The van der Waals surface area contributed by atoms with Crippen molar-refractivity contribution in [1.29, 1.82) is 0 Å². The van der Waals surface area contributed by atoms with Crippen LogP contribution in [-0.2, 0) is 21.9 Å². The Hall–Kier alpha value is -1.45. The van der Waals surface area contributed by atoms with Crippen molar-refractivity contribution < 1.29 is 18.3 Å². The van der Waals surface area contributed by atoms with E-state index in [0.29, 0.717) is 17.8 Å². The molecule has 1 aromatic heterocycles. The second-order valence-corrected chi connectivity index (χ2v) is 7.04. The molecule has 1 heterocycles. The van der Waals surface area contributed by atoms with Crippen LogP contribution in [0.5, 0.6) is 0 Å². The van der Waals surface area contributed by atoms with Crippen LogP contribution >= 0.6 is 0 Å². The van der Waals surface area contributed by atoms with Gasteiger partial charge in [-0.2, -0.15) is 9.82 Å². The van der Waals surface area contributed by atoms with E-state index in [-0.39, 0.29) is 17.5 Å². The molecule has 8 nitrogen and oxygen atoms in total. The number of aromatic nitrogens is 2. The van der Waals surface area contributed by atoms with Crippen LogP contribution in [0, 0.1) is 13.8 Å². The van der Waals surface area contributed by atoms with E-state index in [1.54, 1.807) is 27.8 Å². The number of nitrogens with zero attached hydrogens (tertiary/aromatic N) is 2. The highest BCUT2D eigenvalue weighted by molar-refractivity contribution is 7.89. The number of aryl methyl sites for hydroxylation is 2. The van der Waals surface area contributed by atoms with E-state index in [9.17, 15) is 13.2 Å². The summed E-state index contributed by atoms with van der Waals surface area (Å²) in [6, 6.07) is -1.16. The van der Waals surface area contributed by atoms with Crippen molar-refractivity contribution in [3.63, 3.8) is 0 Å². The molecule has 1 aromatic rings. The van der Waals surface area contributed by atoms with E-state index in [2.05, 4.69) is 15.1 Å². The molecule has 0 bridgehead atoms. The number of sulfonamides is 1. The molecule has 1 rings (SSSR count). The zero-order valence-electron chi connectivity index (χ0n) is 13.5. The number of hydrogen-bond donors (Lipinski definition) is 3. The molecule has 0 aliphatic carbocycles. The third kappa shape index (κ3) is 4.28. The van der Waals surface area contributed by atoms with Gasteiger partial charge in [0.15, 0.2) is 0 Å². The topological polar surface area (TPSA) is 113 Å². The molecule has 0 fully saturated rings. The molecule has 126 valence electrons. The van der Waals surface area contributed by atoms with Crippen LogP contribution < -0.4 is 10.0 Å².